The van der Waals surface area contributed by atoms with Gasteiger partial charge in [0.05, 0.1) is 5.69 Å². The number of para-hydroxylation sites is 1. The number of aliphatic hydroxyl groups excluding tert-OH is 1. The number of hydrogen-bond donors (Lipinski definition) is 4. The normalized spacial score (nSPS) is 18.5. The molecule has 0 aromatic heterocycles. The van der Waals surface area contributed by atoms with E-state index in [4.69, 9.17) is 5.73 Å². The van der Waals surface area contributed by atoms with Crippen LogP contribution in [0.5, 0.6) is 0 Å². The number of nitrogens with two attached hydrogens (primary N) is 1. The van der Waals surface area contributed by atoms with Crippen LogP contribution in [0.25, 0.3) is 0 Å². The van der Waals surface area contributed by atoms with Gasteiger partial charge in [-0.1, -0.05) is 44.2 Å². The smallest absolute Gasteiger partial charge is 0.268 e. The van der Waals surface area contributed by atoms with Crippen molar-refractivity contribution in [3.8, 4) is 0 Å². The summed E-state index contributed by atoms with van der Waals surface area (Å²) in [6, 6.07) is 5.36. The Hall–Kier alpha value is -1.66. The Morgan fingerprint density at radius 2 is 2.00 bits per heavy atom. The molecular formula is C16H24FN3O2. The van der Waals surface area contributed by atoms with Gasteiger partial charge in [-0.2, -0.15) is 0 Å². The topological polar surface area (TPSA) is 87.4 Å². The number of anilines is 1. The minimum Gasteiger partial charge on any atom is -0.382 e. The Labute approximate surface area is 130 Å². The first-order valence-electron chi connectivity index (χ1n) is 7.82. The summed E-state index contributed by atoms with van der Waals surface area (Å²) in [5, 5.41) is 9.99. The number of nitrogens with one attached hydrogen (secondary N) is 2. The van der Waals surface area contributed by atoms with Crippen molar-refractivity contribution in [1.29, 1.82) is 0 Å². The van der Waals surface area contributed by atoms with Gasteiger partial charge < -0.3 is 10.8 Å². The summed E-state index contributed by atoms with van der Waals surface area (Å²) in [7, 11) is 0. The molecule has 1 aliphatic rings. The number of halogens is 1. The van der Waals surface area contributed by atoms with Gasteiger partial charge in [-0.25, -0.2) is 4.39 Å². The van der Waals surface area contributed by atoms with Crippen molar-refractivity contribution in [2.24, 2.45) is 11.7 Å². The minimum atomic E-state index is -1.30. The molecule has 0 spiro atoms. The molecular weight excluding hydrogens is 285 g/mol. The summed E-state index contributed by atoms with van der Waals surface area (Å²) < 4.78 is 13.4. The molecule has 2 atom stereocenters. The largest absolute Gasteiger partial charge is 0.382 e. The van der Waals surface area contributed by atoms with Gasteiger partial charge in [-0.3, -0.25) is 15.6 Å². The highest BCUT2D eigenvalue weighted by Crippen LogP contribution is 2.27. The molecule has 1 amide bonds. The number of amides is 1. The molecule has 5 nitrogen and oxygen atoms in total. The monoisotopic (exact) mass is 309 g/mol. The molecule has 22 heavy (non-hydrogen) atoms. The van der Waals surface area contributed by atoms with Crippen molar-refractivity contribution < 1.29 is 14.3 Å². The lowest BCUT2D eigenvalue weighted by molar-refractivity contribution is -0.130. The van der Waals surface area contributed by atoms with Crippen LogP contribution in [0.1, 0.15) is 38.5 Å². The van der Waals surface area contributed by atoms with E-state index in [1.807, 2.05) is 0 Å². The molecule has 0 radical (unpaired) electrons. The number of carbonyl (C=O) groups is 1. The van der Waals surface area contributed by atoms with Crippen molar-refractivity contribution in [2.45, 2.75) is 50.7 Å². The molecule has 2 rings (SSSR count). The van der Waals surface area contributed by atoms with Gasteiger partial charge in [0.15, 0.2) is 0 Å². The standard InChI is InChI=1S/C16H24FN3O2/c17-12-8-4-5-9-14(12)19-20-16(22)15(21)13(18)10-11-6-2-1-3-7-11/h4-5,8-9,11,13,15,19,21H,1-3,6-7,10,18H2,(H,20,22)/t13-,15?/m1/s1. The van der Waals surface area contributed by atoms with Gasteiger partial charge in [0.1, 0.15) is 11.9 Å². The second-order valence-electron chi connectivity index (χ2n) is 5.94. The van der Waals surface area contributed by atoms with E-state index in [2.05, 4.69) is 10.9 Å². The van der Waals surface area contributed by atoms with Gasteiger partial charge >= 0.3 is 0 Å². The predicted octanol–water partition coefficient (Wildman–Crippen LogP) is 1.93. The number of aliphatic hydroxyl groups is 1. The molecule has 1 fully saturated rings. The van der Waals surface area contributed by atoms with E-state index in [0.29, 0.717) is 12.3 Å². The fourth-order valence-electron chi connectivity index (χ4n) is 2.90. The van der Waals surface area contributed by atoms with E-state index < -0.39 is 23.9 Å². The molecule has 0 saturated heterocycles. The third-order valence-electron chi connectivity index (χ3n) is 4.20. The van der Waals surface area contributed by atoms with E-state index in [0.717, 1.165) is 12.8 Å². The maximum Gasteiger partial charge on any atom is 0.268 e. The molecule has 0 heterocycles. The van der Waals surface area contributed by atoms with Gasteiger partial charge in [0.25, 0.3) is 5.91 Å². The number of hydrazine groups is 1. The van der Waals surface area contributed by atoms with Crippen LogP contribution in [-0.2, 0) is 4.79 Å². The molecule has 1 aliphatic carbocycles. The second kappa shape index (κ2) is 8.10. The number of benzene rings is 1. The Kier molecular flexibility index (Phi) is 6.15. The van der Waals surface area contributed by atoms with Crippen LogP contribution < -0.4 is 16.6 Å². The van der Waals surface area contributed by atoms with Crippen LogP contribution in [0.2, 0.25) is 0 Å². The Morgan fingerprint density at radius 1 is 1.32 bits per heavy atom. The fourth-order valence-corrected chi connectivity index (χ4v) is 2.90. The maximum atomic E-state index is 13.4. The molecule has 6 heteroatoms. The zero-order valence-electron chi connectivity index (χ0n) is 12.6. The van der Waals surface area contributed by atoms with Crippen molar-refractivity contribution >= 4 is 11.6 Å². The van der Waals surface area contributed by atoms with E-state index in [-0.39, 0.29) is 5.69 Å². The summed E-state index contributed by atoms with van der Waals surface area (Å²) >= 11 is 0. The highest BCUT2D eigenvalue weighted by atomic mass is 19.1. The number of rotatable bonds is 6. The van der Waals surface area contributed by atoms with Gasteiger partial charge in [-0.05, 0) is 24.5 Å². The molecule has 0 aliphatic heterocycles. The van der Waals surface area contributed by atoms with E-state index in [1.165, 1.54) is 31.4 Å². The fraction of sp³-hybridized carbons (Fsp3) is 0.562. The first-order chi connectivity index (χ1) is 10.6. The van der Waals surface area contributed by atoms with Crippen molar-refractivity contribution in [2.75, 3.05) is 5.43 Å². The number of hydrogen-bond acceptors (Lipinski definition) is 4. The van der Waals surface area contributed by atoms with Crippen LogP contribution in [0.3, 0.4) is 0 Å². The summed E-state index contributed by atoms with van der Waals surface area (Å²) in [4.78, 5) is 11.9. The van der Waals surface area contributed by atoms with Crippen molar-refractivity contribution in [3.63, 3.8) is 0 Å². The third kappa shape index (κ3) is 4.68. The van der Waals surface area contributed by atoms with E-state index in [1.54, 1.807) is 12.1 Å². The highest BCUT2D eigenvalue weighted by Gasteiger charge is 2.26. The zero-order valence-corrected chi connectivity index (χ0v) is 12.6. The first kappa shape index (κ1) is 16.7. The van der Waals surface area contributed by atoms with Crippen LogP contribution in [0, 0.1) is 11.7 Å². The molecule has 5 N–H and O–H groups in total. The lowest BCUT2D eigenvalue weighted by atomic mass is 9.84. The summed E-state index contributed by atoms with van der Waals surface area (Å²) in [5.41, 5.74) is 10.8. The van der Waals surface area contributed by atoms with Crippen LogP contribution >= 0.6 is 0 Å². The Bertz CT molecular complexity index is 492. The maximum absolute atomic E-state index is 13.4. The Morgan fingerprint density at radius 3 is 2.68 bits per heavy atom. The van der Waals surface area contributed by atoms with E-state index >= 15 is 0 Å². The average Bonchev–Trinajstić information content (AvgIpc) is 2.54. The van der Waals surface area contributed by atoms with Gasteiger partial charge in [-0.15, -0.1) is 0 Å². The molecule has 122 valence electrons. The molecule has 1 saturated carbocycles. The average molecular weight is 309 g/mol. The lowest BCUT2D eigenvalue weighted by Crippen LogP contribution is -2.48. The van der Waals surface area contributed by atoms with Crippen molar-refractivity contribution in [1.82, 2.24) is 5.43 Å². The lowest BCUT2D eigenvalue weighted by Gasteiger charge is -2.26. The zero-order chi connectivity index (χ0) is 15.9. The Balaban J connectivity index is 1.79. The SMILES string of the molecule is N[C@H](CC1CCCCC1)C(O)C(=O)NNc1ccccc1F. The first-order valence-corrected chi connectivity index (χ1v) is 7.82. The minimum absolute atomic E-state index is 0.143. The van der Waals surface area contributed by atoms with Crippen LogP contribution in [-0.4, -0.2) is 23.2 Å². The van der Waals surface area contributed by atoms with Crippen molar-refractivity contribution in [3.05, 3.63) is 30.1 Å². The second-order valence-corrected chi connectivity index (χ2v) is 5.94. The van der Waals surface area contributed by atoms with E-state index in [9.17, 15) is 14.3 Å². The third-order valence-corrected chi connectivity index (χ3v) is 4.20. The predicted molar refractivity (Wildman–Crippen MR) is 83.3 cm³/mol. The van der Waals surface area contributed by atoms with Crippen LogP contribution in [0.15, 0.2) is 24.3 Å². The van der Waals surface area contributed by atoms with Gasteiger partial charge in [0, 0.05) is 6.04 Å². The summed E-state index contributed by atoms with van der Waals surface area (Å²) in [5.74, 6) is -0.652. The van der Waals surface area contributed by atoms with Crippen LogP contribution in [0.4, 0.5) is 10.1 Å². The molecule has 1 aromatic rings. The molecule has 0 bridgehead atoms. The summed E-state index contributed by atoms with van der Waals surface area (Å²) in [6.45, 7) is 0. The number of carbonyl (C=O) groups excluding carboxylic acids is 1. The summed E-state index contributed by atoms with van der Waals surface area (Å²) in [6.07, 6.45) is 5.17. The van der Waals surface area contributed by atoms with Gasteiger partial charge in [0.2, 0.25) is 0 Å². The quantitative estimate of drug-likeness (QED) is 0.605. The molecule has 1 aromatic carbocycles. The highest BCUT2D eigenvalue weighted by molar-refractivity contribution is 5.82. The molecule has 1 unspecified atom stereocenters.